The number of benzene rings is 1. The van der Waals surface area contributed by atoms with E-state index in [1.807, 2.05) is 24.0 Å². The van der Waals surface area contributed by atoms with Crippen LogP contribution in [0.2, 0.25) is 5.02 Å². The van der Waals surface area contributed by atoms with Crippen molar-refractivity contribution in [3.8, 4) is 18.4 Å². The maximum absolute atomic E-state index is 9.00. The van der Waals surface area contributed by atoms with E-state index in [9.17, 15) is 0 Å². The molecule has 0 aliphatic heterocycles. The van der Waals surface area contributed by atoms with Gasteiger partial charge in [-0.05, 0) is 19.1 Å². The summed E-state index contributed by atoms with van der Waals surface area (Å²) in [5, 5.41) is 9.46. The molecule has 0 spiro atoms. The number of hydrogen-bond donors (Lipinski definition) is 0. The lowest BCUT2D eigenvalue weighted by molar-refractivity contribution is 0.916. The SMILES string of the molecule is C#CCN(CC)c1cccc(Cl)c1C#N. The fourth-order valence-corrected chi connectivity index (χ4v) is 1.58. The summed E-state index contributed by atoms with van der Waals surface area (Å²) in [6.45, 7) is 3.21. The van der Waals surface area contributed by atoms with Gasteiger partial charge in [0.05, 0.1) is 22.8 Å². The summed E-state index contributed by atoms with van der Waals surface area (Å²) in [6, 6.07) is 7.47. The molecule has 0 bridgehead atoms. The first kappa shape index (κ1) is 11.4. The van der Waals surface area contributed by atoms with Gasteiger partial charge in [-0.2, -0.15) is 5.26 Å². The van der Waals surface area contributed by atoms with Gasteiger partial charge in [0, 0.05) is 6.54 Å². The van der Waals surface area contributed by atoms with E-state index in [1.54, 1.807) is 6.07 Å². The molecule has 1 aromatic rings. The standard InChI is InChI=1S/C12H11ClN2/c1-3-8-15(4-2)12-7-5-6-11(13)10(12)9-14/h1,5-7H,4,8H2,2H3. The van der Waals surface area contributed by atoms with E-state index < -0.39 is 0 Å². The minimum Gasteiger partial charge on any atom is -0.360 e. The molecule has 0 radical (unpaired) electrons. The average Bonchev–Trinajstić information content (AvgIpc) is 2.25. The molecule has 0 saturated heterocycles. The Kier molecular flexibility index (Phi) is 4.03. The van der Waals surface area contributed by atoms with Crippen LogP contribution in [0, 0.1) is 23.7 Å². The average molecular weight is 219 g/mol. The molecule has 3 heteroatoms. The van der Waals surface area contributed by atoms with Gasteiger partial charge in [-0.25, -0.2) is 0 Å². The second-order valence-electron chi connectivity index (χ2n) is 2.96. The fourth-order valence-electron chi connectivity index (χ4n) is 1.36. The van der Waals surface area contributed by atoms with E-state index in [0.29, 0.717) is 17.1 Å². The molecular weight excluding hydrogens is 208 g/mol. The molecule has 0 saturated carbocycles. The summed E-state index contributed by atoms with van der Waals surface area (Å²) in [5.74, 6) is 2.56. The predicted molar refractivity (Wildman–Crippen MR) is 62.9 cm³/mol. The normalized spacial score (nSPS) is 9.07. The maximum atomic E-state index is 9.00. The molecule has 0 fully saturated rings. The van der Waals surface area contributed by atoms with Gasteiger partial charge in [0.2, 0.25) is 0 Å². The summed E-state index contributed by atoms with van der Waals surface area (Å²) >= 11 is 5.93. The van der Waals surface area contributed by atoms with E-state index in [2.05, 4.69) is 12.0 Å². The molecule has 0 aliphatic carbocycles. The zero-order valence-corrected chi connectivity index (χ0v) is 9.25. The molecule has 0 aliphatic rings. The van der Waals surface area contributed by atoms with Crippen molar-refractivity contribution in [2.75, 3.05) is 18.0 Å². The van der Waals surface area contributed by atoms with Crippen LogP contribution in [0.3, 0.4) is 0 Å². The molecule has 15 heavy (non-hydrogen) atoms. The summed E-state index contributed by atoms with van der Waals surface area (Å²) < 4.78 is 0. The Morgan fingerprint density at radius 2 is 2.27 bits per heavy atom. The molecule has 1 rings (SSSR count). The van der Waals surface area contributed by atoms with E-state index >= 15 is 0 Å². The highest BCUT2D eigenvalue weighted by molar-refractivity contribution is 6.32. The van der Waals surface area contributed by atoms with Crippen molar-refractivity contribution in [3.05, 3.63) is 28.8 Å². The molecule has 0 unspecified atom stereocenters. The molecule has 0 amide bonds. The number of nitriles is 1. The third-order valence-electron chi connectivity index (χ3n) is 2.11. The summed E-state index contributed by atoms with van der Waals surface area (Å²) in [7, 11) is 0. The van der Waals surface area contributed by atoms with Crippen molar-refractivity contribution in [2.24, 2.45) is 0 Å². The van der Waals surface area contributed by atoms with Crippen molar-refractivity contribution in [2.45, 2.75) is 6.92 Å². The van der Waals surface area contributed by atoms with Crippen molar-refractivity contribution in [1.82, 2.24) is 0 Å². The first-order valence-corrected chi connectivity index (χ1v) is 4.99. The van der Waals surface area contributed by atoms with Gasteiger partial charge >= 0.3 is 0 Å². The van der Waals surface area contributed by atoms with E-state index in [-0.39, 0.29) is 0 Å². The zero-order chi connectivity index (χ0) is 11.3. The Balaban J connectivity index is 3.19. The highest BCUT2D eigenvalue weighted by Gasteiger charge is 2.11. The smallest absolute Gasteiger partial charge is 0.103 e. The van der Waals surface area contributed by atoms with Gasteiger partial charge in [-0.15, -0.1) is 6.42 Å². The Morgan fingerprint density at radius 1 is 1.53 bits per heavy atom. The molecule has 0 N–H and O–H groups in total. The van der Waals surface area contributed by atoms with Gasteiger partial charge in [0.1, 0.15) is 6.07 Å². The lowest BCUT2D eigenvalue weighted by atomic mass is 10.1. The lowest BCUT2D eigenvalue weighted by Gasteiger charge is -2.21. The van der Waals surface area contributed by atoms with Crippen molar-refractivity contribution < 1.29 is 0 Å². The van der Waals surface area contributed by atoms with Gasteiger partial charge in [0.15, 0.2) is 0 Å². The molecule has 76 valence electrons. The molecular formula is C12H11ClN2. The number of anilines is 1. The third kappa shape index (κ3) is 2.43. The van der Waals surface area contributed by atoms with Gasteiger partial charge < -0.3 is 4.90 Å². The molecule has 2 nitrogen and oxygen atoms in total. The van der Waals surface area contributed by atoms with Crippen LogP contribution in [-0.2, 0) is 0 Å². The number of nitrogens with zero attached hydrogens (tertiary/aromatic N) is 2. The van der Waals surface area contributed by atoms with Crippen molar-refractivity contribution >= 4 is 17.3 Å². The minimum absolute atomic E-state index is 0.463. The van der Waals surface area contributed by atoms with Crippen LogP contribution >= 0.6 is 11.6 Å². The van der Waals surface area contributed by atoms with Crippen LogP contribution in [0.1, 0.15) is 12.5 Å². The van der Waals surface area contributed by atoms with Crippen molar-refractivity contribution in [3.63, 3.8) is 0 Å². The second kappa shape index (κ2) is 5.29. The molecule has 0 aromatic heterocycles. The van der Waals surface area contributed by atoms with Gasteiger partial charge in [-0.1, -0.05) is 23.6 Å². The highest BCUT2D eigenvalue weighted by Crippen LogP contribution is 2.26. The van der Waals surface area contributed by atoms with Gasteiger partial charge in [-0.3, -0.25) is 0 Å². The lowest BCUT2D eigenvalue weighted by Crippen LogP contribution is -2.23. The third-order valence-corrected chi connectivity index (χ3v) is 2.42. The van der Waals surface area contributed by atoms with Crippen LogP contribution in [0.5, 0.6) is 0 Å². The van der Waals surface area contributed by atoms with Crippen LogP contribution in [0.15, 0.2) is 18.2 Å². The van der Waals surface area contributed by atoms with Crippen LogP contribution in [-0.4, -0.2) is 13.1 Å². The first-order valence-electron chi connectivity index (χ1n) is 4.61. The van der Waals surface area contributed by atoms with Crippen LogP contribution in [0.25, 0.3) is 0 Å². The Labute approximate surface area is 95.1 Å². The Morgan fingerprint density at radius 3 is 2.80 bits per heavy atom. The largest absolute Gasteiger partial charge is 0.360 e. The topological polar surface area (TPSA) is 27.0 Å². The van der Waals surface area contributed by atoms with Crippen molar-refractivity contribution in [1.29, 1.82) is 5.26 Å². The summed E-state index contributed by atoms with van der Waals surface area (Å²) in [5.41, 5.74) is 1.28. The number of hydrogen-bond acceptors (Lipinski definition) is 2. The Hall–Kier alpha value is -1.64. The first-order chi connectivity index (χ1) is 7.24. The Bertz CT molecular complexity index is 426. The maximum Gasteiger partial charge on any atom is 0.103 e. The number of rotatable bonds is 3. The van der Waals surface area contributed by atoms with Crippen LogP contribution < -0.4 is 4.90 Å². The van der Waals surface area contributed by atoms with Crippen LogP contribution in [0.4, 0.5) is 5.69 Å². The summed E-state index contributed by atoms with van der Waals surface area (Å²) in [6.07, 6.45) is 5.26. The quantitative estimate of drug-likeness (QED) is 0.730. The molecule has 0 atom stereocenters. The minimum atomic E-state index is 0.463. The fraction of sp³-hybridized carbons (Fsp3) is 0.250. The van der Waals surface area contributed by atoms with E-state index in [1.165, 1.54) is 0 Å². The number of halogens is 1. The highest BCUT2D eigenvalue weighted by atomic mass is 35.5. The van der Waals surface area contributed by atoms with Gasteiger partial charge in [0.25, 0.3) is 0 Å². The van der Waals surface area contributed by atoms with E-state index in [4.69, 9.17) is 23.3 Å². The van der Waals surface area contributed by atoms with E-state index in [0.717, 1.165) is 12.2 Å². The summed E-state index contributed by atoms with van der Waals surface area (Å²) in [4.78, 5) is 1.93. The second-order valence-corrected chi connectivity index (χ2v) is 3.37. The number of terminal acetylenes is 1. The molecule has 0 heterocycles. The predicted octanol–water partition coefficient (Wildman–Crippen LogP) is 2.67. The molecule has 1 aromatic carbocycles. The zero-order valence-electron chi connectivity index (χ0n) is 8.50. The monoisotopic (exact) mass is 218 g/mol.